The first kappa shape index (κ1) is 16.8. The molecule has 8 nitrogen and oxygen atoms in total. The van der Waals surface area contributed by atoms with Gasteiger partial charge in [0.25, 0.3) is 0 Å². The zero-order chi connectivity index (χ0) is 17.5. The van der Waals surface area contributed by atoms with E-state index in [2.05, 4.69) is 10.6 Å². The van der Waals surface area contributed by atoms with Crippen LogP contribution in [0.2, 0.25) is 0 Å². The van der Waals surface area contributed by atoms with Gasteiger partial charge in [-0.2, -0.15) is 8.42 Å². The lowest BCUT2D eigenvalue weighted by atomic mass is 10.1. The second-order valence-electron chi connectivity index (χ2n) is 5.75. The third-order valence-corrected chi connectivity index (χ3v) is 6.02. The first-order chi connectivity index (χ1) is 11.3. The summed E-state index contributed by atoms with van der Waals surface area (Å²) in [7, 11) is -0.964. The van der Waals surface area contributed by atoms with E-state index in [0.29, 0.717) is 31.7 Å². The summed E-state index contributed by atoms with van der Waals surface area (Å²) >= 11 is 0. The van der Waals surface area contributed by atoms with Crippen LogP contribution in [0.1, 0.15) is 12.8 Å². The Balaban J connectivity index is 1.78. The van der Waals surface area contributed by atoms with Crippen molar-refractivity contribution in [2.75, 3.05) is 41.2 Å². The van der Waals surface area contributed by atoms with Gasteiger partial charge in [0.1, 0.15) is 5.82 Å². The molecule has 2 N–H and O–H groups in total. The average molecular weight is 358 g/mol. The molecule has 2 aliphatic heterocycles. The summed E-state index contributed by atoms with van der Waals surface area (Å²) < 4.78 is 45.6. The van der Waals surface area contributed by atoms with Gasteiger partial charge in [-0.25, -0.2) is 9.18 Å². The Hall–Kier alpha value is -2.07. The number of urea groups is 1. The minimum atomic E-state index is -3.69. The number of hydrogen-bond acceptors (Lipinski definition) is 4. The van der Waals surface area contributed by atoms with E-state index in [1.165, 1.54) is 20.2 Å². The van der Waals surface area contributed by atoms with Gasteiger partial charge in [-0.05, 0) is 18.9 Å². The summed E-state index contributed by atoms with van der Waals surface area (Å²) in [6.07, 6.45) is 1.40. The predicted octanol–water partition coefficient (Wildman–Crippen LogP) is 1.26. The summed E-state index contributed by atoms with van der Waals surface area (Å²) in [4.78, 5) is 12.0. The number of nitrogens with zero attached hydrogens (tertiary/aromatic N) is 2. The second-order valence-corrected chi connectivity index (χ2v) is 7.74. The molecule has 0 aliphatic carbocycles. The number of fused-ring (bicyclic) bond motifs is 1. The van der Waals surface area contributed by atoms with Gasteiger partial charge < -0.3 is 15.4 Å². The number of benzene rings is 1. The smallest absolute Gasteiger partial charge is 0.326 e. The lowest BCUT2D eigenvalue weighted by molar-refractivity contribution is 0.0806. The molecule has 1 fully saturated rings. The summed E-state index contributed by atoms with van der Waals surface area (Å²) in [6.45, 7) is 1.15. The minimum Gasteiger partial charge on any atom is -0.381 e. The van der Waals surface area contributed by atoms with Gasteiger partial charge in [-0.15, -0.1) is 0 Å². The lowest BCUT2D eigenvalue weighted by Gasteiger charge is -2.23. The zero-order valence-electron chi connectivity index (χ0n) is 13.4. The van der Waals surface area contributed by atoms with Gasteiger partial charge in [0.15, 0.2) is 0 Å². The van der Waals surface area contributed by atoms with Crippen LogP contribution in [0.3, 0.4) is 0 Å². The van der Waals surface area contributed by atoms with Crippen LogP contribution < -0.4 is 19.2 Å². The fourth-order valence-corrected chi connectivity index (χ4v) is 3.93. The SMILES string of the molecule is CN1c2cc(F)c(NC(=O)NC3CCOCC3)cc2N(C)S1(=O)=O. The maximum absolute atomic E-state index is 14.2. The quantitative estimate of drug-likeness (QED) is 0.833. The number of carbonyl (C=O) groups is 1. The average Bonchev–Trinajstić information content (AvgIpc) is 2.70. The molecule has 3 rings (SSSR count). The lowest BCUT2D eigenvalue weighted by Crippen LogP contribution is -2.41. The summed E-state index contributed by atoms with van der Waals surface area (Å²) in [5.74, 6) is -0.701. The van der Waals surface area contributed by atoms with E-state index in [1.807, 2.05) is 0 Å². The van der Waals surface area contributed by atoms with Crippen LogP contribution in [-0.4, -0.2) is 47.8 Å². The highest BCUT2D eigenvalue weighted by Gasteiger charge is 2.36. The Kier molecular flexibility index (Phi) is 4.26. The standard InChI is InChI=1S/C14H19FN4O4S/c1-18-12-7-10(15)11(8-13(12)19(2)24(18,21)22)17-14(20)16-9-3-5-23-6-4-9/h7-9H,3-6H2,1-2H3,(H2,16,17,20). The van der Waals surface area contributed by atoms with Gasteiger partial charge >= 0.3 is 16.2 Å². The van der Waals surface area contributed by atoms with Gasteiger partial charge in [-0.3, -0.25) is 8.61 Å². The molecule has 2 heterocycles. The van der Waals surface area contributed by atoms with Gasteiger partial charge in [0.2, 0.25) is 0 Å². The van der Waals surface area contributed by atoms with Crippen molar-refractivity contribution >= 4 is 33.3 Å². The molecular formula is C14H19FN4O4S. The predicted molar refractivity (Wildman–Crippen MR) is 88.1 cm³/mol. The Labute approximate surface area is 139 Å². The normalized spacial score (nSPS) is 20.0. The third kappa shape index (κ3) is 2.86. The molecule has 1 aromatic carbocycles. The van der Waals surface area contributed by atoms with Crippen molar-refractivity contribution in [3.63, 3.8) is 0 Å². The molecule has 0 bridgehead atoms. The number of rotatable bonds is 2. The van der Waals surface area contributed by atoms with Crippen LogP contribution in [0.4, 0.5) is 26.2 Å². The summed E-state index contributed by atoms with van der Waals surface area (Å²) in [5, 5.41) is 5.20. The monoisotopic (exact) mass is 358 g/mol. The Morgan fingerprint density at radius 2 is 1.79 bits per heavy atom. The van der Waals surface area contributed by atoms with E-state index in [4.69, 9.17) is 4.74 Å². The van der Waals surface area contributed by atoms with Crippen molar-refractivity contribution < 1.29 is 22.3 Å². The number of anilines is 3. The van der Waals surface area contributed by atoms with E-state index in [1.54, 1.807) is 0 Å². The van der Waals surface area contributed by atoms with E-state index < -0.39 is 22.1 Å². The van der Waals surface area contributed by atoms with Crippen LogP contribution in [0.15, 0.2) is 12.1 Å². The van der Waals surface area contributed by atoms with E-state index in [-0.39, 0.29) is 17.4 Å². The fraction of sp³-hybridized carbons (Fsp3) is 0.500. The minimum absolute atomic E-state index is 0.0228. The van der Waals surface area contributed by atoms with E-state index in [0.717, 1.165) is 14.7 Å². The maximum atomic E-state index is 14.2. The highest BCUT2D eigenvalue weighted by molar-refractivity contribution is 7.94. The molecule has 10 heteroatoms. The summed E-state index contributed by atoms with van der Waals surface area (Å²) in [5.41, 5.74) is 0.460. The van der Waals surface area contributed by atoms with Gasteiger partial charge in [0.05, 0.1) is 17.1 Å². The molecule has 2 aliphatic rings. The molecule has 1 aromatic rings. The zero-order valence-corrected chi connectivity index (χ0v) is 14.2. The topological polar surface area (TPSA) is 91.0 Å². The number of carbonyl (C=O) groups excluding carboxylic acids is 1. The molecule has 0 unspecified atom stereocenters. The Bertz CT molecular complexity index is 764. The number of amides is 2. The van der Waals surface area contributed by atoms with Crippen LogP contribution in [-0.2, 0) is 14.9 Å². The number of hydrogen-bond donors (Lipinski definition) is 2. The largest absolute Gasteiger partial charge is 0.381 e. The Morgan fingerprint density at radius 1 is 1.21 bits per heavy atom. The molecule has 0 radical (unpaired) electrons. The maximum Gasteiger partial charge on any atom is 0.326 e. The van der Waals surface area contributed by atoms with Crippen molar-refractivity contribution in [3.8, 4) is 0 Å². The summed E-state index contributed by atoms with van der Waals surface area (Å²) in [6, 6.07) is 1.86. The van der Waals surface area contributed by atoms with Crippen molar-refractivity contribution in [1.82, 2.24) is 5.32 Å². The first-order valence-electron chi connectivity index (χ1n) is 7.52. The molecular weight excluding hydrogens is 339 g/mol. The molecule has 0 aromatic heterocycles. The number of ether oxygens (including phenoxy) is 1. The van der Waals surface area contributed by atoms with Crippen molar-refractivity contribution in [1.29, 1.82) is 0 Å². The van der Waals surface area contributed by atoms with Crippen LogP contribution in [0.25, 0.3) is 0 Å². The van der Waals surface area contributed by atoms with E-state index in [9.17, 15) is 17.6 Å². The molecule has 2 amide bonds. The molecule has 0 spiro atoms. The molecule has 24 heavy (non-hydrogen) atoms. The molecule has 0 saturated carbocycles. The van der Waals surface area contributed by atoms with E-state index >= 15 is 0 Å². The van der Waals surface area contributed by atoms with Crippen molar-refractivity contribution in [3.05, 3.63) is 17.9 Å². The fourth-order valence-electron chi connectivity index (χ4n) is 2.77. The van der Waals surface area contributed by atoms with Crippen molar-refractivity contribution in [2.45, 2.75) is 18.9 Å². The first-order valence-corrected chi connectivity index (χ1v) is 8.92. The van der Waals surface area contributed by atoms with Gasteiger partial charge in [-0.1, -0.05) is 0 Å². The molecule has 1 saturated heterocycles. The van der Waals surface area contributed by atoms with Crippen molar-refractivity contribution in [2.24, 2.45) is 0 Å². The number of nitrogens with one attached hydrogen (secondary N) is 2. The number of halogens is 1. The van der Waals surface area contributed by atoms with Crippen LogP contribution in [0.5, 0.6) is 0 Å². The second kappa shape index (κ2) is 6.10. The van der Waals surface area contributed by atoms with Crippen LogP contribution in [0, 0.1) is 5.82 Å². The third-order valence-electron chi connectivity index (χ3n) is 4.24. The van der Waals surface area contributed by atoms with Crippen LogP contribution >= 0.6 is 0 Å². The van der Waals surface area contributed by atoms with Gasteiger partial charge in [0, 0.05) is 39.4 Å². The highest BCUT2D eigenvalue weighted by Crippen LogP contribution is 2.41. The molecule has 132 valence electrons. The molecule has 0 atom stereocenters. The Morgan fingerprint density at radius 3 is 2.42 bits per heavy atom. The highest BCUT2D eigenvalue weighted by atomic mass is 32.2.